The highest BCUT2D eigenvalue weighted by molar-refractivity contribution is 6.31. The van der Waals surface area contributed by atoms with Gasteiger partial charge in [-0.3, -0.25) is 9.59 Å². The first-order valence-electron chi connectivity index (χ1n) is 12.0. The topological polar surface area (TPSA) is 82.2 Å². The van der Waals surface area contributed by atoms with E-state index in [4.69, 9.17) is 23.2 Å². The zero-order chi connectivity index (χ0) is 26.1. The maximum Gasteiger partial charge on any atom is 0.263 e. The first-order chi connectivity index (χ1) is 17.8. The fourth-order valence-corrected chi connectivity index (χ4v) is 5.05. The highest BCUT2D eigenvalue weighted by Gasteiger charge is 2.28. The summed E-state index contributed by atoms with van der Waals surface area (Å²) < 4.78 is 0. The molecule has 0 saturated heterocycles. The summed E-state index contributed by atoms with van der Waals surface area (Å²) in [5.74, 6) is -0.848. The summed E-state index contributed by atoms with van der Waals surface area (Å²) in [6.45, 7) is 1.92. The Hall–Kier alpha value is -3.80. The standard InChI is InChI=1S/C30H24Cl2N2O3/c1-2-18-14-22(32)16-24-26(18)29(36)27(30(37)34-24)28(35)25(13-17-7-10-21(31)11-8-17)33-23-12-9-19-5-3-4-6-20(19)15-23/h3-12,14-16,25,33H,2,13H2,1H3,(H2,34,36,37). The Kier molecular flexibility index (Phi) is 6.92. The number of fused-ring (bicyclic) bond motifs is 2. The van der Waals surface area contributed by atoms with Gasteiger partial charge in [-0.1, -0.05) is 72.6 Å². The van der Waals surface area contributed by atoms with Crippen molar-refractivity contribution in [2.24, 2.45) is 0 Å². The van der Waals surface area contributed by atoms with E-state index in [1.54, 1.807) is 24.3 Å². The van der Waals surface area contributed by atoms with Gasteiger partial charge in [0.2, 0.25) is 0 Å². The Labute approximate surface area is 223 Å². The van der Waals surface area contributed by atoms with Gasteiger partial charge in [-0.05, 0) is 64.7 Å². The lowest BCUT2D eigenvalue weighted by Crippen LogP contribution is -2.35. The van der Waals surface area contributed by atoms with Gasteiger partial charge in [0.1, 0.15) is 11.3 Å². The van der Waals surface area contributed by atoms with Gasteiger partial charge in [0.05, 0.1) is 11.6 Å². The highest BCUT2D eigenvalue weighted by atomic mass is 35.5. The normalized spacial score (nSPS) is 12.1. The van der Waals surface area contributed by atoms with Crippen LogP contribution in [-0.2, 0) is 12.8 Å². The molecule has 0 aliphatic carbocycles. The van der Waals surface area contributed by atoms with Crippen LogP contribution in [0.25, 0.3) is 21.7 Å². The summed E-state index contributed by atoms with van der Waals surface area (Å²) in [4.78, 5) is 29.8. The van der Waals surface area contributed by atoms with Gasteiger partial charge in [-0.25, -0.2) is 0 Å². The second kappa shape index (κ2) is 10.3. The number of H-pyrrole nitrogens is 1. The number of ketones is 1. The molecule has 37 heavy (non-hydrogen) atoms. The Morgan fingerprint density at radius 3 is 2.41 bits per heavy atom. The largest absolute Gasteiger partial charge is 0.506 e. The van der Waals surface area contributed by atoms with E-state index < -0.39 is 17.4 Å². The molecular weight excluding hydrogens is 507 g/mol. The molecule has 0 aliphatic heterocycles. The average Bonchev–Trinajstić information content (AvgIpc) is 2.88. The average molecular weight is 531 g/mol. The third-order valence-corrected chi connectivity index (χ3v) is 6.99. The minimum atomic E-state index is -0.829. The van der Waals surface area contributed by atoms with Gasteiger partial charge >= 0.3 is 0 Å². The molecule has 0 bridgehead atoms. The van der Waals surface area contributed by atoms with Crippen molar-refractivity contribution in [3.8, 4) is 5.75 Å². The molecule has 1 unspecified atom stereocenters. The van der Waals surface area contributed by atoms with Crippen molar-refractivity contribution in [1.29, 1.82) is 0 Å². The van der Waals surface area contributed by atoms with Crippen LogP contribution in [-0.4, -0.2) is 21.9 Å². The van der Waals surface area contributed by atoms with Crippen molar-refractivity contribution in [2.75, 3.05) is 5.32 Å². The minimum absolute atomic E-state index is 0.279. The lowest BCUT2D eigenvalue weighted by Gasteiger charge is -2.20. The lowest BCUT2D eigenvalue weighted by molar-refractivity contribution is 0.0965. The quantitative estimate of drug-likeness (QED) is 0.195. The molecule has 1 aromatic heterocycles. The Bertz CT molecular complexity index is 1690. The number of anilines is 1. The molecule has 0 fully saturated rings. The van der Waals surface area contributed by atoms with Gasteiger partial charge in [0, 0.05) is 27.5 Å². The second-order valence-corrected chi connectivity index (χ2v) is 9.85. The van der Waals surface area contributed by atoms with Crippen molar-refractivity contribution < 1.29 is 9.90 Å². The number of aromatic amines is 1. The summed E-state index contributed by atoms with van der Waals surface area (Å²) in [6, 6.07) is 23.4. The van der Waals surface area contributed by atoms with E-state index >= 15 is 0 Å². The minimum Gasteiger partial charge on any atom is -0.506 e. The van der Waals surface area contributed by atoms with E-state index in [9.17, 15) is 14.7 Å². The summed E-state index contributed by atoms with van der Waals surface area (Å²) >= 11 is 12.3. The molecule has 3 N–H and O–H groups in total. The molecule has 0 aliphatic rings. The molecule has 186 valence electrons. The van der Waals surface area contributed by atoms with E-state index in [0.29, 0.717) is 27.4 Å². The van der Waals surface area contributed by atoms with Crippen LogP contribution in [0.15, 0.2) is 83.7 Å². The van der Waals surface area contributed by atoms with Crippen molar-refractivity contribution in [3.05, 3.63) is 116 Å². The molecule has 1 heterocycles. The number of rotatable bonds is 7. The van der Waals surface area contributed by atoms with Crippen molar-refractivity contribution in [2.45, 2.75) is 25.8 Å². The molecule has 0 amide bonds. The number of hydrogen-bond donors (Lipinski definition) is 3. The first kappa shape index (κ1) is 24.9. The number of carbonyl (C=O) groups excluding carboxylic acids is 1. The molecular formula is C30H24Cl2N2O3. The van der Waals surface area contributed by atoms with E-state index in [2.05, 4.69) is 10.3 Å². The van der Waals surface area contributed by atoms with E-state index in [-0.39, 0.29) is 17.7 Å². The zero-order valence-corrected chi connectivity index (χ0v) is 21.5. The lowest BCUT2D eigenvalue weighted by atomic mass is 9.95. The molecule has 0 saturated carbocycles. The highest BCUT2D eigenvalue weighted by Crippen LogP contribution is 2.32. The van der Waals surface area contributed by atoms with E-state index in [1.165, 1.54) is 0 Å². The van der Waals surface area contributed by atoms with E-state index in [0.717, 1.165) is 27.6 Å². The van der Waals surface area contributed by atoms with Gasteiger partial charge in [0.25, 0.3) is 5.56 Å². The smallest absolute Gasteiger partial charge is 0.263 e. The molecule has 5 rings (SSSR count). The van der Waals surface area contributed by atoms with Crippen LogP contribution in [0.1, 0.15) is 28.4 Å². The monoisotopic (exact) mass is 530 g/mol. The van der Waals surface area contributed by atoms with Gasteiger partial charge in [-0.15, -0.1) is 0 Å². The number of aromatic nitrogens is 1. The number of hydrogen-bond acceptors (Lipinski definition) is 4. The van der Waals surface area contributed by atoms with Crippen LogP contribution in [0.5, 0.6) is 5.75 Å². The number of nitrogens with one attached hydrogen (secondary N) is 2. The summed E-state index contributed by atoms with van der Waals surface area (Å²) in [6.07, 6.45) is 0.842. The number of Topliss-reactive ketones (excluding diaryl/α,β-unsaturated/α-hetero) is 1. The number of carbonyl (C=O) groups is 1. The van der Waals surface area contributed by atoms with Crippen LogP contribution < -0.4 is 10.9 Å². The van der Waals surface area contributed by atoms with Crippen molar-refractivity contribution in [3.63, 3.8) is 0 Å². The van der Waals surface area contributed by atoms with Crippen LogP contribution >= 0.6 is 23.2 Å². The number of benzene rings is 4. The maximum absolute atomic E-state index is 13.9. The second-order valence-electron chi connectivity index (χ2n) is 8.97. The van der Waals surface area contributed by atoms with Crippen LogP contribution in [0.4, 0.5) is 5.69 Å². The molecule has 4 aromatic carbocycles. The van der Waals surface area contributed by atoms with Crippen molar-refractivity contribution >= 4 is 56.3 Å². The maximum atomic E-state index is 13.9. The Balaban J connectivity index is 1.60. The Morgan fingerprint density at radius 1 is 0.946 bits per heavy atom. The van der Waals surface area contributed by atoms with Crippen LogP contribution in [0.3, 0.4) is 0 Å². The SMILES string of the molecule is CCc1cc(Cl)cc2[nH]c(=O)c(C(=O)C(Cc3ccc(Cl)cc3)Nc3ccc4ccccc4c3)c(O)c12. The predicted molar refractivity (Wildman–Crippen MR) is 151 cm³/mol. The number of pyridine rings is 1. The molecule has 5 aromatic rings. The number of halogens is 2. The third kappa shape index (κ3) is 5.06. The molecule has 0 spiro atoms. The third-order valence-electron chi connectivity index (χ3n) is 6.52. The summed E-state index contributed by atoms with van der Waals surface area (Å²) in [5.41, 5.74) is 1.76. The number of aryl methyl sites for hydroxylation is 1. The summed E-state index contributed by atoms with van der Waals surface area (Å²) in [5, 5.41) is 18.1. The molecule has 5 nitrogen and oxygen atoms in total. The molecule has 1 atom stereocenters. The van der Waals surface area contributed by atoms with Gasteiger partial charge in [0.15, 0.2) is 5.78 Å². The Morgan fingerprint density at radius 2 is 1.68 bits per heavy atom. The van der Waals surface area contributed by atoms with Crippen LogP contribution in [0.2, 0.25) is 10.0 Å². The number of aromatic hydroxyl groups is 1. The summed E-state index contributed by atoms with van der Waals surface area (Å²) in [7, 11) is 0. The zero-order valence-electron chi connectivity index (χ0n) is 20.0. The predicted octanol–water partition coefficient (Wildman–Crippen LogP) is 7.16. The van der Waals surface area contributed by atoms with Gasteiger partial charge in [-0.2, -0.15) is 0 Å². The molecule has 0 radical (unpaired) electrons. The van der Waals surface area contributed by atoms with Gasteiger partial charge < -0.3 is 15.4 Å². The van der Waals surface area contributed by atoms with Crippen LogP contribution in [0, 0.1) is 0 Å². The van der Waals surface area contributed by atoms with E-state index in [1.807, 2.05) is 61.5 Å². The fraction of sp³-hybridized carbons (Fsp3) is 0.133. The fourth-order valence-electron chi connectivity index (χ4n) is 4.69. The first-order valence-corrected chi connectivity index (χ1v) is 12.7. The van der Waals surface area contributed by atoms with Crippen molar-refractivity contribution in [1.82, 2.24) is 4.98 Å². The molecule has 7 heteroatoms.